The second-order valence-corrected chi connectivity index (χ2v) is 5.12. The van der Waals surface area contributed by atoms with Crippen molar-refractivity contribution in [2.75, 3.05) is 11.9 Å². The lowest BCUT2D eigenvalue weighted by molar-refractivity contribution is 0.789. The van der Waals surface area contributed by atoms with E-state index in [1.165, 1.54) is 0 Å². The molecule has 0 radical (unpaired) electrons. The molecule has 0 aliphatic carbocycles. The summed E-state index contributed by atoms with van der Waals surface area (Å²) in [6.07, 6.45) is 6.34. The highest BCUT2D eigenvalue weighted by Gasteiger charge is 2.14. The van der Waals surface area contributed by atoms with Gasteiger partial charge in [0.05, 0.1) is 16.9 Å². The van der Waals surface area contributed by atoms with E-state index in [2.05, 4.69) is 34.2 Å². The molecule has 0 fully saturated rings. The third kappa shape index (κ3) is 3.10. The molecule has 2 rings (SSSR count). The van der Waals surface area contributed by atoms with Gasteiger partial charge in [0.1, 0.15) is 12.1 Å². The van der Waals surface area contributed by atoms with Gasteiger partial charge in [-0.05, 0) is 19.8 Å². The fourth-order valence-corrected chi connectivity index (χ4v) is 2.15. The Labute approximate surface area is 124 Å². The quantitative estimate of drug-likeness (QED) is 0.887. The Morgan fingerprint density at radius 1 is 1.25 bits per heavy atom. The minimum atomic E-state index is 0.647. The van der Waals surface area contributed by atoms with Crippen LogP contribution in [0.1, 0.15) is 37.9 Å². The highest BCUT2D eigenvalue weighted by Crippen LogP contribution is 2.23. The van der Waals surface area contributed by atoms with Gasteiger partial charge >= 0.3 is 0 Å². The number of aryl methyl sites for hydroxylation is 1. The zero-order valence-corrected chi connectivity index (χ0v) is 12.9. The van der Waals surface area contributed by atoms with Gasteiger partial charge < -0.3 is 5.32 Å². The minimum Gasteiger partial charge on any atom is -0.370 e. The van der Waals surface area contributed by atoms with Crippen LogP contribution in [0.2, 0.25) is 5.02 Å². The van der Waals surface area contributed by atoms with Crippen molar-refractivity contribution in [3.8, 4) is 5.82 Å². The summed E-state index contributed by atoms with van der Waals surface area (Å²) < 4.78 is 1.74. The van der Waals surface area contributed by atoms with Crippen LogP contribution in [-0.4, -0.2) is 26.3 Å². The number of anilines is 1. The molecule has 0 aliphatic heterocycles. The van der Waals surface area contributed by atoms with Crippen molar-refractivity contribution in [1.82, 2.24) is 19.7 Å². The lowest BCUT2D eigenvalue weighted by atomic mass is 10.1. The van der Waals surface area contributed by atoms with Gasteiger partial charge in [-0.25, -0.2) is 14.6 Å². The normalized spacial score (nSPS) is 10.8. The molecule has 20 heavy (non-hydrogen) atoms. The van der Waals surface area contributed by atoms with Crippen LogP contribution in [-0.2, 0) is 6.42 Å². The first-order chi connectivity index (χ1) is 9.67. The molecule has 0 spiro atoms. The van der Waals surface area contributed by atoms with Gasteiger partial charge in [0.15, 0.2) is 5.82 Å². The summed E-state index contributed by atoms with van der Waals surface area (Å²) in [7, 11) is 0. The van der Waals surface area contributed by atoms with Crippen molar-refractivity contribution >= 4 is 17.4 Å². The van der Waals surface area contributed by atoms with E-state index >= 15 is 0 Å². The van der Waals surface area contributed by atoms with Crippen LogP contribution in [0.3, 0.4) is 0 Å². The van der Waals surface area contributed by atoms with Gasteiger partial charge in [0.25, 0.3) is 0 Å². The molecule has 0 bridgehead atoms. The van der Waals surface area contributed by atoms with Crippen LogP contribution in [0.4, 0.5) is 5.82 Å². The number of hydrogen-bond donors (Lipinski definition) is 1. The van der Waals surface area contributed by atoms with Gasteiger partial charge in [0.2, 0.25) is 0 Å². The summed E-state index contributed by atoms with van der Waals surface area (Å²) in [5, 5.41) is 8.41. The van der Waals surface area contributed by atoms with Crippen LogP contribution >= 0.6 is 11.6 Å². The Bertz CT molecular complexity index is 559. The Kier molecular flexibility index (Phi) is 4.95. The maximum Gasteiger partial charge on any atom is 0.162 e. The molecule has 0 atom stereocenters. The predicted octanol–water partition coefficient (Wildman–Crippen LogP) is 3.40. The van der Waals surface area contributed by atoms with E-state index < -0.39 is 0 Å². The zero-order chi connectivity index (χ0) is 14.5. The van der Waals surface area contributed by atoms with Crippen molar-refractivity contribution in [3.05, 3.63) is 28.8 Å². The number of rotatable bonds is 6. The number of hydrogen-bond acceptors (Lipinski definition) is 4. The fraction of sp³-hybridized carbons (Fsp3) is 0.500. The first-order valence-electron chi connectivity index (χ1n) is 6.97. The lowest BCUT2D eigenvalue weighted by Crippen LogP contribution is -2.11. The van der Waals surface area contributed by atoms with Crippen LogP contribution in [0, 0.1) is 6.92 Å². The summed E-state index contributed by atoms with van der Waals surface area (Å²) in [5.41, 5.74) is 1.89. The Morgan fingerprint density at radius 2 is 2.05 bits per heavy atom. The molecule has 2 aromatic heterocycles. The fourth-order valence-electron chi connectivity index (χ4n) is 2.02. The topological polar surface area (TPSA) is 55.6 Å². The Hall–Kier alpha value is -1.62. The van der Waals surface area contributed by atoms with E-state index in [0.717, 1.165) is 48.7 Å². The number of nitrogens with zero attached hydrogens (tertiary/aromatic N) is 4. The van der Waals surface area contributed by atoms with E-state index in [-0.39, 0.29) is 0 Å². The SMILES string of the molecule is CCCNc1ncnc(-n2cc(Cl)c(C)n2)c1CCC. The second kappa shape index (κ2) is 6.70. The number of aromatic nitrogens is 4. The van der Waals surface area contributed by atoms with Crippen molar-refractivity contribution in [3.63, 3.8) is 0 Å². The smallest absolute Gasteiger partial charge is 0.162 e. The van der Waals surface area contributed by atoms with Crippen molar-refractivity contribution in [2.24, 2.45) is 0 Å². The summed E-state index contributed by atoms with van der Waals surface area (Å²) in [5.74, 6) is 1.69. The maximum absolute atomic E-state index is 6.09. The van der Waals surface area contributed by atoms with Gasteiger partial charge in [-0.15, -0.1) is 0 Å². The van der Waals surface area contributed by atoms with Crippen molar-refractivity contribution in [1.29, 1.82) is 0 Å². The van der Waals surface area contributed by atoms with E-state index in [0.29, 0.717) is 5.02 Å². The molecule has 0 unspecified atom stereocenters. The van der Waals surface area contributed by atoms with Crippen LogP contribution in [0.5, 0.6) is 0 Å². The Balaban J connectivity index is 2.45. The zero-order valence-electron chi connectivity index (χ0n) is 12.1. The molecule has 0 amide bonds. The highest BCUT2D eigenvalue weighted by atomic mass is 35.5. The van der Waals surface area contributed by atoms with E-state index in [4.69, 9.17) is 11.6 Å². The molecule has 2 aromatic rings. The van der Waals surface area contributed by atoms with Crippen LogP contribution in [0.25, 0.3) is 5.82 Å². The molecule has 0 aliphatic rings. The molecule has 1 N–H and O–H groups in total. The number of nitrogens with one attached hydrogen (secondary N) is 1. The third-order valence-electron chi connectivity index (χ3n) is 3.02. The average Bonchev–Trinajstić information content (AvgIpc) is 2.77. The van der Waals surface area contributed by atoms with E-state index in [1.807, 2.05) is 6.92 Å². The maximum atomic E-state index is 6.09. The van der Waals surface area contributed by atoms with Gasteiger partial charge in [-0.3, -0.25) is 0 Å². The Morgan fingerprint density at radius 3 is 2.65 bits per heavy atom. The first-order valence-corrected chi connectivity index (χ1v) is 7.35. The predicted molar refractivity (Wildman–Crippen MR) is 81.7 cm³/mol. The molecular formula is C14H20ClN5. The van der Waals surface area contributed by atoms with Crippen molar-refractivity contribution in [2.45, 2.75) is 40.0 Å². The molecule has 0 saturated heterocycles. The van der Waals surface area contributed by atoms with Crippen LogP contribution < -0.4 is 5.32 Å². The first kappa shape index (κ1) is 14.8. The third-order valence-corrected chi connectivity index (χ3v) is 3.39. The standard InChI is InChI=1S/C14H20ClN5/c1-4-6-11-13(16-7-5-2)17-9-18-14(11)20-8-12(15)10(3)19-20/h8-9H,4-7H2,1-3H3,(H,16,17,18). The van der Waals surface area contributed by atoms with E-state index in [1.54, 1.807) is 17.2 Å². The largest absolute Gasteiger partial charge is 0.370 e. The molecule has 0 saturated carbocycles. The molecule has 108 valence electrons. The summed E-state index contributed by atoms with van der Waals surface area (Å²) >= 11 is 6.09. The van der Waals surface area contributed by atoms with Crippen LogP contribution in [0.15, 0.2) is 12.5 Å². The van der Waals surface area contributed by atoms with Gasteiger partial charge in [0, 0.05) is 12.1 Å². The summed E-state index contributed by atoms with van der Waals surface area (Å²) in [4.78, 5) is 8.74. The lowest BCUT2D eigenvalue weighted by Gasteiger charge is -2.13. The average molecular weight is 294 g/mol. The molecule has 2 heterocycles. The molecular weight excluding hydrogens is 274 g/mol. The van der Waals surface area contributed by atoms with Gasteiger partial charge in [-0.1, -0.05) is 31.9 Å². The summed E-state index contributed by atoms with van der Waals surface area (Å²) in [6.45, 7) is 7.05. The summed E-state index contributed by atoms with van der Waals surface area (Å²) in [6, 6.07) is 0. The second-order valence-electron chi connectivity index (χ2n) is 4.71. The molecule has 0 aromatic carbocycles. The molecule has 6 heteroatoms. The molecule has 5 nitrogen and oxygen atoms in total. The minimum absolute atomic E-state index is 0.647. The van der Waals surface area contributed by atoms with Gasteiger partial charge in [-0.2, -0.15) is 5.10 Å². The highest BCUT2D eigenvalue weighted by molar-refractivity contribution is 6.31. The van der Waals surface area contributed by atoms with Crippen molar-refractivity contribution < 1.29 is 0 Å². The monoisotopic (exact) mass is 293 g/mol. The van der Waals surface area contributed by atoms with E-state index in [9.17, 15) is 0 Å². The number of halogens is 1.